The summed E-state index contributed by atoms with van der Waals surface area (Å²) in [5.41, 5.74) is 7.53. The molecule has 0 heterocycles. The van der Waals surface area contributed by atoms with E-state index in [-0.39, 0.29) is 5.41 Å². The Morgan fingerprint density at radius 1 is 1.38 bits per heavy atom. The largest absolute Gasteiger partial charge is 0.496 e. The lowest BCUT2D eigenvalue weighted by Crippen LogP contribution is -2.31. The van der Waals surface area contributed by atoms with Gasteiger partial charge in [0.1, 0.15) is 5.75 Å². The number of rotatable bonds is 3. The molecule has 0 bridgehead atoms. The minimum atomic E-state index is 0.203. The predicted octanol–water partition coefficient (Wildman–Crippen LogP) is 3.23. The van der Waals surface area contributed by atoms with Gasteiger partial charge in [-0.1, -0.05) is 18.9 Å². The Morgan fingerprint density at radius 2 is 2.06 bits per heavy atom. The highest BCUT2D eigenvalue weighted by Gasteiger charge is 2.34. The fourth-order valence-electron chi connectivity index (χ4n) is 2.66. The molecule has 2 N–H and O–H groups in total. The lowest BCUT2D eigenvalue weighted by atomic mass is 9.79. The Bertz CT molecular complexity index is 372. The van der Waals surface area contributed by atoms with Crippen molar-refractivity contribution in [3.63, 3.8) is 0 Å². The highest BCUT2D eigenvalue weighted by atomic mass is 79.9. The monoisotopic (exact) mass is 283 g/mol. The summed E-state index contributed by atoms with van der Waals surface area (Å²) in [6.07, 6.45) is 5.01. The van der Waals surface area contributed by atoms with Crippen molar-refractivity contribution in [1.29, 1.82) is 0 Å². The predicted molar refractivity (Wildman–Crippen MR) is 69.9 cm³/mol. The van der Waals surface area contributed by atoms with Crippen LogP contribution in [0.2, 0.25) is 0 Å². The summed E-state index contributed by atoms with van der Waals surface area (Å²) in [5.74, 6) is 0.883. The smallest absolute Gasteiger partial charge is 0.133 e. The average Bonchev–Trinajstić information content (AvgIpc) is 2.78. The van der Waals surface area contributed by atoms with Gasteiger partial charge in [-0.25, -0.2) is 0 Å². The van der Waals surface area contributed by atoms with Crippen LogP contribution in [0.5, 0.6) is 5.75 Å². The molecule has 1 aromatic carbocycles. The highest BCUT2D eigenvalue weighted by molar-refractivity contribution is 9.10. The lowest BCUT2D eigenvalue weighted by molar-refractivity contribution is 0.409. The molecule has 1 fully saturated rings. The maximum atomic E-state index is 5.97. The quantitative estimate of drug-likeness (QED) is 0.925. The first-order chi connectivity index (χ1) is 7.72. The van der Waals surface area contributed by atoms with Gasteiger partial charge in [0.2, 0.25) is 0 Å². The van der Waals surface area contributed by atoms with Gasteiger partial charge in [0.05, 0.1) is 11.6 Å². The summed E-state index contributed by atoms with van der Waals surface area (Å²) in [7, 11) is 1.69. The van der Waals surface area contributed by atoms with E-state index >= 15 is 0 Å². The van der Waals surface area contributed by atoms with E-state index in [0.29, 0.717) is 0 Å². The van der Waals surface area contributed by atoms with E-state index < -0.39 is 0 Å². The summed E-state index contributed by atoms with van der Waals surface area (Å²) in [4.78, 5) is 0. The second-order valence-electron chi connectivity index (χ2n) is 4.54. The Labute approximate surface area is 105 Å². The lowest BCUT2D eigenvalue weighted by Gasteiger charge is -2.28. The third-order valence-electron chi connectivity index (χ3n) is 3.72. The molecule has 1 saturated carbocycles. The van der Waals surface area contributed by atoms with Gasteiger partial charge in [0, 0.05) is 12.0 Å². The van der Waals surface area contributed by atoms with Crippen LogP contribution >= 0.6 is 15.9 Å². The zero-order chi connectivity index (χ0) is 11.6. The van der Waals surface area contributed by atoms with Gasteiger partial charge in [-0.3, -0.25) is 0 Å². The summed E-state index contributed by atoms with van der Waals surface area (Å²) in [5, 5.41) is 0. The molecule has 0 saturated heterocycles. The Kier molecular flexibility index (Phi) is 3.55. The molecule has 2 nitrogen and oxygen atoms in total. The van der Waals surface area contributed by atoms with Gasteiger partial charge < -0.3 is 10.5 Å². The van der Waals surface area contributed by atoms with E-state index in [4.69, 9.17) is 10.5 Å². The van der Waals surface area contributed by atoms with Gasteiger partial charge in [0.15, 0.2) is 0 Å². The molecule has 2 rings (SSSR count). The van der Waals surface area contributed by atoms with Crippen LogP contribution in [0.1, 0.15) is 31.2 Å². The van der Waals surface area contributed by atoms with Crippen molar-refractivity contribution in [1.82, 2.24) is 0 Å². The maximum Gasteiger partial charge on any atom is 0.133 e. The number of nitrogens with two attached hydrogens (primary N) is 1. The minimum absolute atomic E-state index is 0.203. The van der Waals surface area contributed by atoms with Crippen molar-refractivity contribution in [3.8, 4) is 5.75 Å². The fourth-order valence-corrected chi connectivity index (χ4v) is 3.20. The van der Waals surface area contributed by atoms with Crippen LogP contribution in [0, 0.1) is 0 Å². The van der Waals surface area contributed by atoms with Gasteiger partial charge in [-0.05, 0) is 46.5 Å². The number of benzene rings is 1. The van der Waals surface area contributed by atoms with Gasteiger partial charge in [0.25, 0.3) is 0 Å². The maximum absolute atomic E-state index is 5.97. The average molecular weight is 284 g/mol. The molecule has 1 aliphatic carbocycles. The third kappa shape index (κ3) is 1.98. The number of halogens is 1. The normalized spacial score (nSPS) is 18.7. The summed E-state index contributed by atoms with van der Waals surface area (Å²) >= 11 is 3.54. The van der Waals surface area contributed by atoms with Crippen molar-refractivity contribution in [2.75, 3.05) is 13.7 Å². The van der Waals surface area contributed by atoms with Crippen LogP contribution < -0.4 is 10.5 Å². The second kappa shape index (κ2) is 4.76. The first kappa shape index (κ1) is 11.9. The Balaban J connectivity index is 2.36. The van der Waals surface area contributed by atoms with Crippen molar-refractivity contribution >= 4 is 15.9 Å². The van der Waals surface area contributed by atoms with Crippen LogP contribution in [0.4, 0.5) is 0 Å². The zero-order valence-electron chi connectivity index (χ0n) is 9.63. The Hall–Kier alpha value is -0.540. The number of hydrogen-bond acceptors (Lipinski definition) is 2. The number of hydrogen-bond donors (Lipinski definition) is 1. The van der Waals surface area contributed by atoms with E-state index in [0.717, 1.165) is 16.8 Å². The molecule has 16 heavy (non-hydrogen) atoms. The summed E-state index contributed by atoms with van der Waals surface area (Å²) < 4.78 is 6.27. The van der Waals surface area contributed by atoms with E-state index in [1.165, 1.54) is 31.2 Å². The first-order valence-corrected chi connectivity index (χ1v) is 6.55. The van der Waals surface area contributed by atoms with E-state index in [2.05, 4.69) is 28.1 Å². The van der Waals surface area contributed by atoms with Crippen LogP contribution in [0.15, 0.2) is 22.7 Å². The molecule has 0 atom stereocenters. The summed E-state index contributed by atoms with van der Waals surface area (Å²) in [6.45, 7) is 0.742. The molecule has 0 aliphatic heterocycles. The van der Waals surface area contributed by atoms with E-state index in [1.807, 2.05) is 6.07 Å². The first-order valence-electron chi connectivity index (χ1n) is 5.76. The van der Waals surface area contributed by atoms with Crippen molar-refractivity contribution in [2.24, 2.45) is 5.73 Å². The molecule has 0 radical (unpaired) electrons. The van der Waals surface area contributed by atoms with E-state index in [9.17, 15) is 0 Å². The van der Waals surface area contributed by atoms with Crippen molar-refractivity contribution < 1.29 is 4.74 Å². The standard InChI is InChI=1S/C13H18BrNO/c1-16-12-5-4-10(8-11(12)14)13(9-15)6-2-3-7-13/h4-5,8H,2-3,6-7,9,15H2,1H3. The molecule has 0 amide bonds. The van der Waals surface area contributed by atoms with Crippen LogP contribution in [0.3, 0.4) is 0 Å². The van der Waals surface area contributed by atoms with E-state index in [1.54, 1.807) is 7.11 Å². The number of ether oxygens (including phenoxy) is 1. The Morgan fingerprint density at radius 3 is 2.56 bits per heavy atom. The minimum Gasteiger partial charge on any atom is -0.496 e. The van der Waals surface area contributed by atoms with Gasteiger partial charge >= 0.3 is 0 Å². The SMILES string of the molecule is COc1ccc(C2(CN)CCCC2)cc1Br. The van der Waals surface area contributed by atoms with Gasteiger partial charge in [-0.15, -0.1) is 0 Å². The third-order valence-corrected chi connectivity index (χ3v) is 4.34. The molecule has 0 spiro atoms. The molecular weight excluding hydrogens is 266 g/mol. The van der Waals surface area contributed by atoms with Crippen LogP contribution in [-0.4, -0.2) is 13.7 Å². The molecule has 3 heteroatoms. The van der Waals surface area contributed by atoms with Crippen LogP contribution in [0.25, 0.3) is 0 Å². The van der Waals surface area contributed by atoms with Crippen molar-refractivity contribution in [2.45, 2.75) is 31.1 Å². The molecule has 0 aromatic heterocycles. The molecular formula is C13H18BrNO. The fraction of sp³-hybridized carbons (Fsp3) is 0.538. The summed E-state index contributed by atoms with van der Waals surface area (Å²) in [6, 6.07) is 6.34. The molecule has 1 aliphatic rings. The second-order valence-corrected chi connectivity index (χ2v) is 5.40. The topological polar surface area (TPSA) is 35.2 Å². The molecule has 0 unspecified atom stereocenters. The van der Waals surface area contributed by atoms with Gasteiger partial charge in [-0.2, -0.15) is 0 Å². The van der Waals surface area contributed by atoms with Crippen molar-refractivity contribution in [3.05, 3.63) is 28.2 Å². The highest BCUT2D eigenvalue weighted by Crippen LogP contribution is 2.42. The van der Waals surface area contributed by atoms with Crippen LogP contribution in [-0.2, 0) is 5.41 Å². The molecule has 88 valence electrons. The zero-order valence-corrected chi connectivity index (χ0v) is 11.2. The molecule has 1 aromatic rings. The number of methoxy groups -OCH3 is 1.